The van der Waals surface area contributed by atoms with Crippen molar-refractivity contribution in [3.05, 3.63) is 47.7 Å². The summed E-state index contributed by atoms with van der Waals surface area (Å²) >= 11 is 0. The molecule has 4 heteroatoms. The molecule has 4 nitrogen and oxygen atoms in total. The molecule has 0 atom stereocenters. The van der Waals surface area contributed by atoms with Crippen molar-refractivity contribution in [3.63, 3.8) is 0 Å². The number of nitriles is 1. The summed E-state index contributed by atoms with van der Waals surface area (Å²) in [4.78, 5) is 0. The van der Waals surface area contributed by atoms with Gasteiger partial charge in [-0.05, 0) is 6.07 Å². The highest BCUT2D eigenvalue weighted by molar-refractivity contribution is 5.37. The molecule has 0 amide bonds. The number of rotatable bonds is 3. The number of nitrogens with one attached hydrogen (secondary N) is 1. The van der Waals surface area contributed by atoms with Gasteiger partial charge in [-0.15, -0.1) is 0 Å². The van der Waals surface area contributed by atoms with Crippen molar-refractivity contribution in [2.75, 3.05) is 0 Å². The van der Waals surface area contributed by atoms with Gasteiger partial charge in [0.1, 0.15) is 6.61 Å². The van der Waals surface area contributed by atoms with Crippen LogP contribution in [0.3, 0.4) is 0 Å². The number of hydrogen-bond donors (Lipinski definition) is 1. The fourth-order valence-corrected chi connectivity index (χ4v) is 1.23. The van der Waals surface area contributed by atoms with Crippen molar-refractivity contribution < 1.29 is 4.74 Å². The van der Waals surface area contributed by atoms with E-state index in [9.17, 15) is 0 Å². The molecule has 2 rings (SSSR count). The van der Waals surface area contributed by atoms with E-state index in [0.29, 0.717) is 18.1 Å². The predicted molar refractivity (Wildman–Crippen MR) is 54.1 cm³/mol. The van der Waals surface area contributed by atoms with Crippen molar-refractivity contribution in [2.45, 2.75) is 6.61 Å². The number of benzene rings is 1. The number of nitrogens with zero attached hydrogens (tertiary/aromatic N) is 2. The Hall–Kier alpha value is -2.28. The predicted octanol–water partition coefficient (Wildman–Crippen LogP) is 1.86. The van der Waals surface area contributed by atoms with Crippen LogP contribution in [0.4, 0.5) is 0 Å². The first-order chi connectivity index (χ1) is 7.40. The molecule has 15 heavy (non-hydrogen) atoms. The van der Waals surface area contributed by atoms with Gasteiger partial charge in [0.05, 0.1) is 17.8 Å². The smallest absolute Gasteiger partial charge is 0.209 e. The fourth-order valence-electron chi connectivity index (χ4n) is 1.23. The third-order valence-electron chi connectivity index (χ3n) is 2.00. The van der Waals surface area contributed by atoms with E-state index in [4.69, 9.17) is 10.00 Å². The van der Waals surface area contributed by atoms with Gasteiger partial charge in [-0.3, -0.25) is 0 Å². The van der Waals surface area contributed by atoms with Crippen molar-refractivity contribution in [1.29, 1.82) is 5.26 Å². The Bertz CT molecular complexity index is 471. The summed E-state index contributed by atoms with van der Waals surface area (Å²) < 4.78 is 5.41. The maximum atomic E-state index is 8.85. The van der Waals surface area contributed by atoms with E-state index in [-0.39, 0.29) is 0 Å². The van der Waals surface area contributed by atoms with Gasteiger partial charge in [-0.2, -0.15) is 10.4 Å². The molecule has 0 saturated carbocycles. The quantitative estimate of drug-likeness (QED) is 0.820. The number of aromatic amines is 1. The van der Waals surface area contributed by atoms with Crippen LogP contribution < -0.4 is 4.74 Å². The van der Waals surface area contributed by atoms with E-state index in [0.717, 1.165) is 5.56 Å². The van der Waals surface area contributed by atoms with E-state index >= 15 is 0 Å². The Labute approximate surface area is 87.1 Å². The van der Waals surface area contributed by atoms with Crippen LogP contribution in [0.2, 0.25) is 0 Å². The van der Waals surface area contributed by atoms with E-state index in [1.807, 2.05) is 18.2 Å². The summed E-state index contributed by atoms with van der Waals surface area (Å²) in [7, 11) is 0. The number of aromatic nitrogens is 2. The van der Waals surface area contributed by atoms with Gasteiger partial charge in [-0.1, -0.05) is 18.2 Å². The Morgan fingerprint density at radius 3 is 2.93 bits per heavy atom. The summed E-state index contributed by atoms with van der Waals surface area (Å²) in [5, 5.41) is 15.3. The minimum atomic E-state index is 0.367. The first-order valence-electron chi connectivity index (χ1n) is 4.50. The molecule has 1 heterocycles. The van der Waals surface area contributed by atoms with Crippen LogP contribution in [0.25, 0.3) is 0 Å². The maximum Gasteiger partial charge on any atom is 0.209 e. The van der Waals surface area contributed by atoms with Gasteiger partial charge in [-0.25, -0.2) is 5.10 Å². The molecule has 0 bridgehead atoms. The monoisotopic (exact) mass is 199 g/mol. The van der Waals surface area contributed by atoms with Crippen LogP contribution in [0.1, 0.15) is 11.1 Å². The van der Waals surface area contributed by atoms with Crippen LogP contribution >= 0.6 is 0 Å². The lowest BCUT2D eigenvalue weighted by Crippen LogP contribution is -1.98. The Morgan fingerprint density at radius 2 is 2.20 bits per heavy atom. The average molecular weight is 199 g/mol. The van der Waals surface area contributed by atoms with Gasteiger partial charge in [0.25, 0.3) is 0 Å². The lowest BCUT2D eigenvalue weighted by molar-refractivity contribution is 0.293. The second kappa shape index (κ2) is 4.29. The third kappa shape index (κ3) is 2.15. The molecule has 1 N–H and O–H groups in total. The van der Waals surface area contributed by atoms with Crippen LogP contribution in [0.15, 0.2) is 36.5 Å². The second-order valence-corrected chi connectivity index (χ2v) is 2.98. The van der Waals surface area contributed by atoms with Crippen LogP contribution in [-0.2, 0) is 6.61 Å². The fraction of sp³-hybridized carbons (Fsp3) is 0.0909. The summed E-state index contributed by atoms with van der Waals surface area (Å²) in [6, 6.07) is 11.2. The number of H-pyrrole nitrogens is 1. The summed E-state index contributed by atoms with van der Waals surface area (Å²) in [6.07, 6.45) is 1.62. The maximum absolute atomic E-state index is 8.85. The molecule has 0 aliphatic rings. The number of hydrogen-bond acceptors (Lipinski definition) is 3. The van der Waals surface area contributed by atoms with Gasteiger partial charge in [0.2, 0.25) is 5.88 Å². The van der Waals surface area contributed by atoms with Crippen LogP contribution in [-0.4, -0.2) is 10.2 Å². The first kappa shape index (κ1) is 9.28. The lowest BCUT2D eigenvalue weighted by atomic mass is 10.1. The van der Waals surface area contributed by atoms with Crippen LogP contribution in [0.5, 0.6) is 5.88 Å². The highest BCUT2D eigenvalue weighted by Gasteiger charge is 2.01. The topological polar surface area (TPSA) is 61.7 Å². The highest BCUT2D eigenvalue weighted by atomic mass is 16.5. The average Bonchev–Trinajstić information content (AvgIpc) is 2.79. The standard InChI is InChI=1S/C11H9N3O/c12-7-9-3-1-2-4-10(9)8-15-11-5-6-13-14-11/h1-6H,8H2,(H,13,14). The summed E-state index contributed by atoms with van der Waals surface area (Å²) in [5.74, 6) is 0.600. The molecule has 0 radical (unpaired) electrons. The zero-order valence-electron chi connectivity index (χ0n) is 7.97. The molecule has 74 valence electrons. The molecule has 0 saturated heterocycles. The van der Waals surface area contributed by atoms with E-state index in [2.05, 4.69) is 16.3 Å². The molecular formula is C11H9N3O. The van der Waals surface area contributed by atoms with Crippen molar-refractivity contribution in [1.82, 2.24) is 10.2 Å². The van der Waals surface area contributed by atoms with E-state index in [1.54, 1.807) is 18.3 Å². The van der Waals surface area contributed by atoms with Crippen molar-refractivity contribution in [2.24, 2.45) is 0 Å². The molecule has 1 aromatic heterocycles. The Kier molecular flexibility index (Phi) is 2.65. The minimum absolute atomic E-state index is 0.367. The number of ether oxygens (including phenoxy) is 1. The molecule has 2 aromatic rings. The molecule has 0 aliphatic heterocycles. The molecule has 0 spiro atoms. The second-order valence-electron chi connectivity index (χ2n) is 2.98. The zero-order chi connectivity index (χ0) is 10.5. The molecule has 0 fully saturated rings. The summed E-state index contributed by atoms with van der Waals surface area (Å²) in [6.45, 7) is 0.367. The lowest BCUT2D eigenvalue weighted by Gasteiger charge is -2.04. The Balaban J connectivity index is 2.08. The summed E-state index contributed by atoms with van der Waals surface area (Å²) in [5.41, 5.74) is 1.51. The zero-order valence-corrected chi connectivity index (χ0v) is 7.97. The first-order valence-corrected chi connectivity index (χ1v) is 4.50. The van der Waals surface area contributed by atoms with Crippen molar-refractivity contribution in [3.8, 4) is 11.9 Å². The molecule has 0 unspecified atom stereocenters. The molecular weight excluding hydrogens is 190 g/mol. The normalized spacial score (nSPS) is 9.53. The minimum Gasteiger partial charge on any atom is -0.473 e. The molecule has 1 aromatic carbocycles. The van der Waals surface area contributed by atoms with Gasteiger partial charge in [0.15, 0.2) is 0 Å². The third-order valence-corrected chi connectivity index (χ3v) is 2.00. The highest BCUT2D eigenvalue weighted by Crippen LogP contribution is 2.11. The van der Waals surface area contributed by atoms with Gasteiger partial charge >= 0.3 is 0 Å². The Morgan fingerprint density at radius 1 is 1.33 bits per heavy atom. The largest absolute Gasteiger partial charge is 0.473 e. The van der Waals surface area contributed by atoms with Gasteiger partial charge < -0.3 is 4.74 Å². The van der Waals surface area contributed by atoms with Crippen molar-refractivity contribution >= 4 is 0 Å². The van der Waals surface area contributed by atoms with Crippen LogP contribution in [0, 0.1) is 11.3 Å². The van der Waals surface area contributed by atoms with Gasteiger partial charge in [0, 0.05) is 11.6 Å². The molecule has 0 aliphatic carbocycles. The SMILES string of the molecule is N#Cc1ccccc1COc1ccn[nH]1. The van der Waals surface area contributed by atoms with E-state index in [1.165, 1.54) is 0 Å². The van der Waals surface area contributed by atoms with E-state index < -0.39 is 0 Å².